The van der Waals surface area contributed by atoms with Crippen LogP contribution in [0, 0.1) is 13.8 Å². The molecular formula is C24H25ClN2O5S. The van der Waals surface area contributed by atoms with Crippen molar-refractivity contribution < 1.29 is 22.7 Å². The number of methoxy groups -OCH3 is 1. The molecule has 33 heavy (non-hydrogen) atoms. The van der Waals surface area contributed by atoms with Gasteiger partial charge in [-0.05, 0) is 61.9 Å². The molecule has 0 aliphatic carbocycles. The first-order valence-corrected chi connectivity index (χ1v) is 11.9. The molecule has 0 aliphatic heterocycles. The number of hydrogen-bond donors (Lipinski definition) is 1. The van der Waals surface area contributed by atoms with Crippen molar-refractivity contribution in [3.63, 3.8) is 0 Å². The van der Waals surface area contributed by atoms with Gasteiger partial charge in [0.25, 0.3) is 15.9 Å². The Morgan fingerprint density at radius 1 is 1.03 bits per heavy atom. The third-order valence-corrected chi connectivity index (χ3v) is 7.21. The molecule has 0 unspecified atom stereocenters. The zero-order valence-electron chi connectivity index (χ0n) is 18.8. The second kappa shape index (κ2) is 10.1. The van der Waals surface area contributed by atoms with Gasteiger partial charge in [0.15, 0.2) is 6.61 Å². The summed E-state index contributed by atoms with van der Waals surface area (Å²) in [6, 6.07) is 16.5. The Morgan fingerprint density at radius 3 is 2.27 bits per heavy atom. The van der Waals surface area contributed by atoms with E-state index in [0.717, 1.165) is 11.1 Å². The van der Waals surface area contributed by atoms with Crippen molar-refractivity contribution in [2.45, 2.75) is 18.7 Å². The second-order valence-electron chi connectivity index (χ2n) is 7.42. The molecule has 0 spiro atoms. The maximum absolute atomic E-state index is 12.8. The number of rotatable bonds is 8. The number of hydrogen-bond acceptors (Lipinski definition) is 5. The van der Waals surface area contributed by atoms with E-state index in [1.54, 1.807) is 60.7 Å². The summed E-state index contributed by atoms with van der Waals surface area (Å²) < 4.78 is 37.7. The van der Waals surface area contributed by atoms with Gasteiger partial charge >= 0.3 is 0 Å². The predicted molar refractivity (Wildman–Crippen MR) is 130 cm³/mol. The highest BCUT2D eigenvalue weighted by molar-refractivity contribution is 7.92. The van der Waals surface area contributed by atoms with Crippen LogP contribution in [-0.2, 0) is 14.8 Å². The summed E-state index contributed by atoms with van der Waals surface area (Å²) in [5.74, 6) is 0.494. The number of amides is 1. The molecular weight excluding hydrogens is 464 g/mol. The van der Waals surface area contributed by atoms with Crippen LogP contribution in [0.3, 0.4) is 0 Å². The summed E-state index contributed by atoms with van der Waals surface area (Å²) in [6.07, 6.45) is 0. The average Bonchev–Trinajstić information content (AvgIpc) is 2.80. The van der Waals surface area contributed by atoms with Crippen LogP contribution in [0.15, 0.2) is 65.6 Å². The number of carbonyl (C=O) groups excluding carboxylic acids is 1. The topological polar surface area (TPSA) is 84.9 Å². The van der Waals surface area contributed by atoms with Crippen LogP contribution >= 0.6 is 11.6 Å². The van der Waals surface area contributed by atoms with Gasteiger partial charge in [0, 0.05) is 18.1 Å². The molecule has 0 heterocycles. The molecule has 3 aromatic rings. The van der Waals surface area contributed by atoms with Crippen LogP contribution in [0.5, 0.6) is 11.5 Å². The van der Waals surface area contributed by atoms with Gasteiger partial charge in [0.1, 0.15) is 11.5 Å². The van der Waals surface area contributed by atoms with Crippen molar-refractivity contribution in [1.82, 2.24) is 0 Å². The lowest BCUT2D eigenvalue weighted by Gasteiger charge is -2.20. The maximum atomic E-state index is 12.8. The highest BCUT2D eigenvalue weighted by Crippen LogP contribution is 2.31. The zero-order valence-corrected chi connectivity index (χ0v) is 20.3. The Balaban J connectivity index is 1.63. The Bertz CT molecular complexity index is 1240. The van der Waals surface area contributed by atoms with E-state index in [9.17, 15) is 13.2 Å². The molecule has 3 aromatic carbocycles. The van der Waals surface area contributed by atoms with Crippen LogP contribution in [0.1, 0.15) is 11.1 Å². The molecule has 174 valence electrons. The SMILES string of the molecule is COc1cc(Cl)c(C)cc1NC(=O)COc1ccc(N(C)S(=O)(=O)c2ccc(C)cc2)cc1. The molecule has 1 amide bonds. The molecule has 0 aliphatic rings. The largest absolute Gasteiger partial charge is 0.495 e. The summed E-state index contributed by atoms with van der Waals surface area (Å²) in [5, 5.41) is 3.27. The minimum atomic E-state index is -3.69. The third-order valence-electron chi connectivity index (χ3n) is 5.00. The predicted octanol–water partition coefficient (Wildman–Crippen LogP) is 4.81. The molecule has 0 bridgehead atoms. The quantitative estimate of drug-likeness (QED) is 0.492. The highest BCUT2D eigenvalue weighted by atomic mass is 35.5. The van der Waals surface area contributed by atoms with Crippen molar-refractivity contribution >= 4 is 38.9 Å². The van der Waals surface area contributed by atoms with E-state index in [1.807, 2.05) is 13.8 Å². The molecule has 1 N–H and O–H groups in total. The average molecular weight is 489 g/mol. The van der Waals surface area contributed by atoms with Gasteiger partial charge in [-0.1, -0.05) is 29.3 Å². The fraction of sp³-hybridized carbons (Fsp3) is 0.208. The Kier molecular flexibility index (Phi) is 7.50. The number of sulfonamides is 1. The lowest BCUT2D eigenvalue weighted by Crippen LogP contribution is -2.26. The lowest BCUT2D eigenvalue weighted by atomic mass is 10.2. The van der Waals surface area contributed by atoms with Gasteiger partial charge in [-0.2, -0.15) is 0 Å². The normalized spacial score (nSPS) is 11.1. The number of halogens is 1. The summed E-state index contributed by atoms with van der Waals surface area (Å²) in [5.41, 5.74) is 2.74. The Hall–Kier alpha value is -3.23. The summed E-state index contributed by atoms with van der Waals surface area (Å²) in [4.78, 5) is 12.5. The standard InChI is InChI=1S/C24H25ClN2O5S/c1-16-5-11-20(12-6-16)33(29,30)27(3)18-7-9-19(10-8-18)32-15-24(28)26-22-13-17(2)21(25)14-23(22)31-4/h5-14H,15H2,1-4H3,(H,26,28). The van der Waals surface area contributed by atoms with Crippen LogP contribution in [0.2, 0.25) is 5.02 Å². The van der Waals surface area contributed by atoms with E-state index >= 15 is 0 Å². The fourth-order valence-electron chi connectivity index (χ4n) is 3.02. The van der Waals surface area contributed by atoms with E-state index in [2.05, 4.69) is 5.32 Å². The van der Waals surface area contributed by atoms with Crippen molar-refractivity contribution in [1.29, 1.82) is 0 Å². The Morgan fingerprint density at radius 2 is 1.67 bits per heavy atom. The van der Waals surface area contributed by atoms with Gasteiger partial charge < -0.3 is 14.8 Å². The van der Waals surface area contributed by atoms with Gasteiger partial charge in [-0.3, -0.25) is 9.10 Å². The number of anilines is 2. The van der Waals surface area contributed by atoms with E-state index in [-0.39, 0.29) is 17.4 Å². The number of carbonyl (C=O) groups is 1. The molecule has 0 saturated heterocycles. The summed E-state index contributed by atoms with van der Waals surface area (Å²) in [6.45, 7) is 3.49. The molecule has 7 nitrogen and oxygen atoms in total. The van der Waals surface area contributed by atoms with Crippen LogP contribution in [0.4, 0.5) is 11.4 Å². The summed E-state index contributed by atoms with van der Waals surface area (Å²) >= 11 is 6.09. The third kappa shape index (κ3) is 5.77. The minimum absolute atomic E-state index is 0.209. The maximum Gasteiger partial charge on any atom is 0.264 e. The minimum Gasteiger partial charge on any atom is -0.495 e. The summed E-state index contributed by atoms with van der Waals surface area (Å²) in [7, 11) is -0.711. The van der Waals surface area contributed by atoms with Gasteiger partial charge in [0.2, 0.25) is 0 Å². The first-order chi connectivity index (χ1) is 15.6. The smallest absolute Gasteiger partial charge is 0.264 e. The van der Waals surface area contributed by atoms with E-state index in [1.165, 1.54) is 18.5 Å². The molecule has 3 rings (SSSR count). The number of benzene rings is 3. The molecule has 0 atom stereocenters. The Labute approximate surface area is 198 Å². The molecule has 9 heteroatoms. The molecule has 0 aromatic heterocycles. The van der Waals surface area contributed by atoms with Crippen molar-refractivity contribution in [2.75, 3.05) is 30.4 Å². The number of aryl methyl sites for hydroxylation is 2. The van der Waals surface area contributed by atoms with Gasteiger partial charge in [-0.15, -0.1) is 0 Å². The number of nitrogens with zero attached hydrogens (tertiary/aromatic N) is 1. The fourth-order valence-corrected chi connectivity index (χ4v) is 4.37. The van der Waals surface area contributed by atoms with Crippen LogP contribution in [0.25, 0.3) is 0 Å². The van der Waals surface area contributed by atoms with E-state index in [4.69, 9.17) is 21.1 Å². The van der Waals surface area contributed by atoms with Crippen LogP contribution < -0.4 is 19.1 Å². The molecule has 0 saturated carbocycles. The first kappa shape index (κ1) is 24.4. The molecule has 0 radical (unpaired) electrons. The first-order valence-electron chi connectivity index (χ1n) is 10.0. The second-order valence-corrected chi connectivity index (χ2v) is 9.79. The number of ether oxygens (including phenoxy) is 2. The van der Waals surface area contributed by atoms with Crippen molar-refractivity contribution in [2.24, 2.45) is 0 Å². The van der Waals surface area contributed by atoms with Crippen LogP contribution in [-0.4, -0.2) is 35.1 Å². The van der Waals surface area contributed by atoms with Crippen molar-refractivity contribution in [3.05, 3.63) is 76.8 Å². The van der Waals surface area contributed by atoms with E-state index in [0.29, 0.717) is 27.9 Å². The molecule has 0 fully saturated rings. The van der Waals surface area contributed by atoms with E-state index < -0.39 is 10.0 Å². The number of nitrogens with one attached hydrogen (secondary N) is 1. The zero-order chi connectivity index (χ0) is 24.2. The monoisotopic (exact) mass is 488 g/mol. The van der Waals surface area contributed by atoms with Gasteiger partial charge in [-0.25, -0.2) is 8.42 Å². The highest BCUT2D eigenvalue weighted by Gasteiger charge is 2.21. The van der Waals surface area contributed by atoms with Gasteiger partial charge in [0.05, 0.1) is 23.4 Å². The lowest BCUT2D eigenvalue weighted by molar-refractivity contribution is -0.118. The van der Waals surface area contributed by atoms with Crippen molar-refractivity contribution in [3.8, 4) is 11.5 Å².